The molecular formula is C18H39N3. The van der Waals surface area contributed by atoms with E-state index in [9.17, 15) is 0 Å². The van der Waals surface area contributed by atoms with E-state index in [-0.39, 0.29) is 0 Å². The van der Waals surface area contributed by atoms with Crippen molar-refractivity contribution in [1.82, 2.24) is 9.80 Å². The Hall–Kier alpha value is -0.120. The van der Waals surface area contributed by atoms with E-state index in [0.717, 1.165) is 25.6 Å². The third-order valence-corrected chi connectivity index (χ3v) is 5.47. The second kappa shape index (κ2) is 7.94. The van der Waals surface area contributed by atoms with E-state index in [1.165, 1.54) is 19.3 Å². The quantitative estimate of drug-likeness (QED) is 0.818. The van der Waals surface area contributed by atoms with Crippen LogP contribution in [0.5, 0.6) is 0 Å². The average Bonchev–Trinajstić information content (AvgIpc) is 2.37. The molecule has 0 aromatic heterocycles. The molecule has 1 aliphatic rings. The summed E-state index contributed by atoms with van der Waals surface area (Å²) in [6, 6.07) is 1.26. The molecule has 0 radical (unpaired) electrons. The zero-order chi connectivity index (χ0) is 16.2. The Kier molecular flexibility index (Phi) is 7.15. The second-order valence-electron chi connectivity index (χ2n) is 8.38. The maximum atomic E-state index is 6.10. The predicted molar refractivity (Wildman–Crippen MR) is 93.5 cm³/mol. The topological polar surface area (TPSA) is 32.5 Å². The van der Waals surface area contributed by atoms with Crippen molar-refractivity contribution in [1.29, 1.82) is 0 Å². The molecule has 0 bridgehead atoms. The summed E-state index contributed by atoms with van der Waals surface area (Å²) in [5, 5.41) is 0. The zero-order valence-electron chi connectivity index (χ0n) is 15.5. The second-order valence-corrected chi connectivity index (χ2v) is 8.38. The lowest BCUT2D eigenvalue weighted by Gasteiger charge is -2.48. The molecule has 1 rings (SSSR count). The number of nitrogens with two attached hydrogens (primary N) is 1. The van der Waals surface area contributed by atoms with E-state index in [1.807, 2.05) is 0 Å². The Labute approximate surface area is 133 Å². The van der Waals surface area contributed by atoms with E-state index in [1.54, 1.807) is 0 Å². The molecule has 0 heterocycles. The summed E-state index contributed by atoms with van der Waals surface area (Å²) < 4.78 is 0. The lowest BCUT2D eigenvalue weighted by Crippen LogP contribution is -2.53. The van der Waals surface area contributed by atoms with Crippen molar-refractivity contribution in [3.63, 3.8) is 0 Å². The van der Waals surface area contributed by atoms with Crippen molar-refractivity contribution >= 4 is 0 Å². The third kappa shape index (κ3) is 5.22. The summed E-state index contributed by atoms with van der Waals surface area (Å²) in [6.07, 6.45) is 3.97. The first-order valence-corrected chi connectivity index (χ1v) is 8.81. The van der Waals surface area contributed by atoms with Gasteiger partial charge in [0.25, 0.3) is 0 Å². The predicted octanol–water partition coefficient (Wildman–Crippen LogP) is 3.05. The Morgan fingerprint density at radius 2 is 1.81 bits per heavy atom. The SMILES string of the molecule is CCN(C(C)CN(C)C)C1CC(C(C)(C)C)CCC1CN. The highest BCUT2D eigenvalue weighted by atomic mass is 15.2. The maximum absolute atomic E-state index is 6.10. The van der Waals surface area contributed by atoms with Gasteiger partial charge in [0.1, 0.15) is 0 Å². The summed E-state index contributed by atoms with van der Waals surface area (Å²) in [7, 11) is 4.34. The highest BCUT2D eigenvalue weighted by molar-refractivity contribution is 4.92. The largest absolute Gasteiger partial charge is 0.330 e. The monoisotopic (exact) mass is 297 g/mol. The molecule has 4 atom stereocenters. The molecule has 0 aromatic carbocycles. The molecule has 1 aliphatic carbocycles. The van der Waals surface area contributed by atoms with Crippen LogP contribution in [0.2, 0.25) is 0 Å². The van der Waals surface area contributed by atoms with Crippen LogP contribution >= 0.6 is 0 Å². The first-order chi connectivity index (χ1) is 9.70. The van der Waals surface area contributed by atoms with Crippen molar-refractivity contribution in [2.45, 2.75) is 66.0 Å². The minimum Gasteiger partial charge on any atom is -0.330 e. The molecular weight excluding hydrogens is 258 g/mol. The smallest absolute Gasteiger partial charge is 0.0197 e. The van der Waals surface area contributed by atoms with Gasteiger partial charge < -0.3 is 10.6 Å². The molecule has 1 saturated carbocycles. The van der Waals surface area contributed by atoms with Crippen LogP contribution in [-0.4, -0.2) is 55.6 Å². The van der Waals surface area contributed by atoms with Gasteiger partial charge in [-0.1, -0.05) is 27.7 Å². The van der Waals surface area contributed by atoms with E-state index in [4.69, 9.17) is 5.73 Å². The Balaban J connectivity index is 2.85. The minimum atomic E-state index is 0.419. The van der Waals surface area contributed by atoms with Crippen LogP contribution in [0.4, 0.5) is 0 Å². The number of hydrogen-bond acceptors (Lipinski definition) is 3. The normalized spacial score (nSPS) is 29.1. The van der Waals surface area contributed by atoms with Crippen LogP contribution in [0, 0.1) is 17.3 Å². The summed E-state index contributed by atoms with van der Waals surface area (Å²) in [4.78, 5) is 5.02. The third-order valence-electron chi connectivity index (χ3n) is 5.47. The van der Waals surface area contributed by atoms with Gasteiger partial charge in [-0.25, -0.2) is 0 Å². The van der Waals surface area contributed by atoms with Gasteiger partial charge in [-0.15, -0.1) is 0 Å². The van der Waals surface area contributed by atoms with Crippen molar-refractivity contribution in [3.05, 3.63) is 0 Å². The molecule has 21 heavy (non-hydrogen) atoms. The van der Waals surface area contributed by atoms with Gasteiger partial charge >= 0.3 is 0 Å². The number of rotatable bonds is 6. The summed E-state index contributed by atoms with van der Waals surface area (Å²) in [5.41, 5.74) is 6.52. The van der Waals surface area contributed by atoms with Crippen LogP contribution in [0.3, 0.4) is 0 Å². The van der Waals surface area contributed by atoms with E-state index in [2.05, 4.69) is 58.5 Å². The van der Waals surface area contributed by atoms with Crippen LogP contribution in [-0.2, 0) is 0 Å². The van der Waals surface area contributed by atoms with E-state index >= 15 is 0 Å². The van der Waals surface area contributed by atoms with Gasteiger partial charge in [0, 0.05) is 18.6 Å². The lowest BCUT2D eigenvalue weighted by atomic mass is 9.67. The van der Waals surface area contributed by atoms with Gasteiger partial charge in [-0.3, -0.25) is 4.90 Å². The van der Waals surface area contributed by atoms with Crippen LogP contribution in [0.25, 0.3) is 0 Å². The van der Waals surface area contributed by atoms with Gasteiger partial charge in [0.15, 0.2) is 0 Å². The van der Waals surface area contributed by atoms with Crippen molar-refractivity contribution in [2.24, 2.45) is 23.0 Å². The van der Waals surface area contributed by atoms with Crippen LogP contribution in [0.15, 0.2) is 0 Å². The molecule has 1 fully saturated rings. The molecule has 0 aliphatic heterocycles. The Morgan fingerprint density at radius 3 is 2.24 bits per heavy atom. The summed E-state index contributed by atoms with van der Waals surface area (Å²) in [6.45, 7) is 15.0. The number of hydrogen-bond donors (Lipinski definition) is 1. The van der Waals surface area contributed by atoms with Crippen LogP contribution in [0.1, 0.15) is 53.9 Å². The van der Waals surface area contributed by atoms with Gasteiger partial charge in [0.2, 0.25) is 0 Å². The molecule has 3 heteroatoms. The standard InChI is InChI=1S/C18H39N3/c1-8-21(14(2)13-20(6)7)17-11-16(18(3,4)5)10-9-15(17)12-19/h14-17H,8-13,19H2,1-7H3. The molecule has 126 valence electrons. The zero-order valence-corrected chi connectivity index (χ0v) is 15.5. The Bertz CT molecular complexity index is 295. The highest BCUT2D eigenvalue weighted by Crippen LogP contribution is 2.41. The first-order valence-electron chi connectivity index (χ1n) is 8.81. The van der Waals surface area contributed by atoms with Crippen molar-refractivity contribution in [3.8, 4) is 0 Å². The lowest BCUT2D eigenvalue weighted by molar-refractivity contribution is 0.0215. The highest BCUT2D eigenvalue weighted by Gasteiger charge is 2.38. The fraction of sp³-hybridized carbons (Fsp3) is 1.00. The molecule has 0 spiro atoms. The minimum absolute atomic E-state index is 0.419. The molecule has 2 N–H and O–H groups in total. The number of nitrogens with zero attached hydrogens (tertiary/aromatic N) is 2. The molecule has 0 saturated heterocycles. The molecule has 0 amide bonds. The number of likely N-dealkylation sites (N-methyl/N-ethyl adjacent to an activating group) is 2. The molecule has 0 aromatic rings. The fourth-order valence-corrected chi connectivity index (χ4v) is 4.18. The maximum Gasteiger partial charge on any atom is 0.0197 e. The van der Waals surface area contributed by atoms with Gasteiger partial charge in [-0.05, 0) is 70.6 Å². The van der Waals surface area contributed by atoms with Gasteiger partial charge in [0.05, 0.1) is 0 Å². The average molecular weight is 298 g/mol. The molecule has 4 unspecified atom stereocenters. The van der Waals surface area contributed by atoms with E-state index < -0.39 is 0 Å². The fourth-order valence-electron chi connectivity index (χ4n) is 4.18. The summed E-state index contributed by atoms with van der Waals surface area (Å²) >= 11 is 0. The van der Waals surface area contributed by atoms with Crippen molar-refractivity contribution < 1.29 is 0 Å². The molecule has 3 nitrogen and oxygen atoms in total. The van der Waals surface area contributed by atoms with Gasteiger partial charge in [-0.2, -0.15) is 0 Å². The summed E-state index contributed by atoms with van der Waals surface area (Å²) in [5.74, 6) is 1.50. The van der Waals surface area contributed by atoms with Crippen molar-refractivity contribution in [2.75, 3.05) is 33.7 Å². The first kappa shape index (κ1) is 18.9. The Morgan fingerprint density at radius 1 is 1.19 bits per heavy atom. The van der Waals surface area contributed by atoms with E-state index in [0.29, 0.717) is 23.4 Å². The van der Waals surface area contributed by atoms with Crippen LogP contribution < -0.4 is 5.73 Å².